The van der Waals surface area contributed by atoms with Crippen molar-refractivity contribution in [3.8, 4) is 0 Å². The van der Waals surface area contributed by atoms with Crippen LogP contribution in [0.15, 0.2) is 23.1 Å². The van der Waals surface area contributed by atoms with E-state index in [4.69, 9.17) is 15.9 Å². The maximum atomic E-state index is 11.0. The van der Waals surface area contributed by atoms with Crippen molar-refractivity contribution >= 4 is 25.4 Å². The lowest BCUT2D eigenvalue weighted by Crippen LogP contribution is -1.97. The van der Waals surface area contributed by atoms with Gasteiger partial charge in [-0.25, -0.2) is 8.42 Å². The lowest BCUT2D eigenvalue weighted by molar-refractivity contribution is 0.388. The van der Waals surface area contributed by atoms with Crippen molar-refractivity contribution in [1.82, 2.24) is 0 Å². The van der Waals surface area contributed by atoms with E-state index in [9.17, 15) is 8.42 Å². The van der Waals surface area contributed by atoms with Gasteiger partial charge >= 0.3 is 0 Å². The normalized spacial score (nSPS) is 11.3. The summed E-state index contributed by atoms with van der Waals surface area (Å²) < 4.78 is 22.0. The van der Waals surface area contributed by atoms with Gasteiger partial charge in [0, 0.05) is 10.7 Å². The molecule has 72 valence electrons. The van der Waals surface area contributed by atoms with Crippen molar-refractivity contribution in [2.24, 2.45) is 0 Å². The first kappa shape index (κ1) is 10.3. The lowest BCUT2D eigenvalue weighted by Gasteiger charge is -2.04. The van der Waals surface area contributed by atoms with E-state index in [1.54, 1.807) is 19.1 Å². The van der Waals surface area contributed by atoms with Gasteiger partial charge in [0.05, 0.1) is 10.6 Å². The smallest absolute Gasteiger partial charge is 0.261 e. The summed E-state index contributed by atoms with van der Waals surface area (Å²) in [5, 5.41) is 8.53. The fourth-order valence-corrected chi connectivity index (χ4v) is 2.15. The third-order valence-electron chi connectivity index (χ3n) is 1.58. The number of halogens is 1. The highest BCUT2D eigenvalue weighted by atomic mass is 35.7. The van der Waals surface area contributed by atoms with E-state index >= 15 is 0 Å². The number of hydrogen-bond acceptors (Lipinski definition) is 4. The molecule has 1 rings (SSSR count). The molecule has 13 heavy (non-hydrogen) atoms. The maximum absolute atomic E-state index is 11.0. The van der Waals surface area contributed by atoms with E-state index in [-0.39, 0.29) is 10.6 Å². The third-order valence-corrected chi connectivity index (χ3v) is 3.04. The molecule has 0 heterocycles. The largest absolute Gasteiger partial charge is 0.291 e. The Labute approximate surface area is 80.5 Å². The van der Waals surface area contributed by atoms with Crippen LogP contribution in [0.5, 0.6) is 0 Å². The lowest BCUT2D eigenvalue weighted by atomic mass is 10.2. The Balaban J connectivity index is 3.36. The number of rotatable bonds is 2. The fraction of sp³-hybridized carbons (Fsp3) is 0.143. The standard InChI is InChI=1S/C7H8ClNO3S/c1-5-2-3-6(9-10)4-7(5)13(8,11)12/h2-4,9-10H,1H3. The number of aryl methyl sites for hydroxylation is 1. The highest BCUT2D eigenvalue weighted by Crippen LogP contribution is 2.22. The summed E-state index contributed by atoms with van der Waals surface area (Å²) in [5.41, 5.74) is 2.66. The van der Waals surface area contributed by atoms with Gasteiger partial charge in [0.15, 0.2) is 0 Å². The van der Waals surface area contributed by atoms with Crippen molar-refractivity contribution in [3.05, 3.63) is 23.8 Å². The number of hydrogen-bond donors (Lipinski definition) is 2. The predicted octanol–water partition coefficient (Wildman–Crippen LogP) is 1.72. The van der Waals surface area contributed by atoms with Crippen molar-refractivity contribution in [2.45, 2.75) is 11.8 Å². The summed E-state index contributed by atoms with van der Waals surface area (Å²) in [4.78, 5) is -0.00628. The monoisotopic (exact) mass is 221 g/mol. The molecule has 0 saturated heterocycles. The van der Waals surface area contributed by atoms with Gasteiger partial charge in [-0.2, -0.15) is 0 Å². The highest BCUT2D eigenvalue weighted by molar-refractivity contribution is 8.13. The Bertz CT molecular complexity index is 416. The summed E-state index contributed by atoms with van der Waals surface area (Å²) in [7, 11) is 1.41. The minimum absolute atomic E-state index is 0.00628. The zero-order valence-electron chi connectivity index (χ0n) is 6.78. The fourth-order valence-electron chi connectivity index (χ4n) is 0.932. The Morgan fingerprint density at radius 2 is 2.08 bits per heavy atom. The summed E-state index contributed by atoms with van der Waals surface area (Å²) >= 11 is 0. The van der Waals surface area contributed by atoms with E-state index in [0.29, 0.717) is 5.56 Å². The topological polar surface area (TPSA) is 66.4 Å². The SMILES string of the molecule is Cc1ccc(NO)cc1S(=O)(=O)Cl. The first-order valence-electron chi connectivity index (χ1n) is 3.40. The van der Waals surface area contributed by atoms with E-state index in [2.05, 4.69) is 0 Å². The molecule has 0 unspecified atom stereocenters. The molecule has 0 spiro atoms. The second-order valence-electron chi connectivity index (χ2n) is 2.53. The van der Waals surface area contributed by atoms with Gasteiger partial charge in [-0.05, 0) is 24.6 Å². The van der Waals surface area contributed by atoms with Crippen LogP contribution in [0.4, 0.5) is 5.69 Å². The van der Waals surface area contributed by atoms with Gasteiger partial charge in [-0.1, -0.05) is 6.07 Å². The molecule has 0 amide bonds. The highest BCUT2D eigenvalue weighted by Gasteiger charge is 2.13. The summed E-state index contributed by atoms with van der Waals surface area (Å²) in [5.74, 6) is 0. The molecular formula is C7H8ClNO3S. The van der Waals surface area contributed by atoms with Crippen molar-refractivity contribution in [1.29, 1.82) is 0 Å². The maximum Gasteiger partial charge on any atom is 0.261 e. The van der Waals surface area contributed by atoms with Crippen LogP contribution in [-0.2, 0) is 9.05 Å². The van der Waals surface area contributed by atoms with Crippen LogP contribution in [0.25, 0.3) is 0 Å². The van der Waals surface area contributed by atoms with Crippen LogP contribution in [-0.4, -0.2) is 13.6 Å². The number of benzene rings is 1. The molecule has 2 N–H and O–H groups in total. The van der Waals surface area contributed by atoms with Crippen LogP contribution >= 0.6 is 10.7 Å². The van der Waals surface area contributed by atoms with Crippen LogP contribution in [0.1, 0.15) is 5.56 Å². The average Bonchev–Trinajstić information content (AvgIpc) is 2.03. The zero-order chi connectivity index (χ0) is 10.1. The molecule has 0 saturated carbocycles. The van der Waals surface area contributed by atoms with Crippen LogP contribution in [0.2, 0.25) is 0 Å². The van der Waals surface area contributed by atoms with Gasteiger partial charge in [-0.15, -0.1) is 0 Å². The van der Waals surface area contributed by atoms with Crippen molar-refractivity contribution in [2.75, 3.05) is 5.48 Å². The van der Waals surface area contributed by atoms with Crippen LogP contribution in [0, 0.1) is 6.92 Å². The molecule has 1 aromatic carbocycles. The third kappa shape index (κ3) is 2.33. The van der Waals surface area contributed by atoms with E-state index in [1.807, 2.05) is 5.48 Å². The van der Waals surface area contributed by atoms with Gasteiger partial charge < -0.3 is 0 Å². The minimum Gasteiger partial charge on any atom is -0.291 e. The van der Waals surface area contributed by atoms with Gasteiger partial charge in [-0.3, -0.25) is 10.7 Å². The van der Waals surface area contributed by atoms with Crippen molar-refractivity contribution < 1.29 is 13.6 Å². The average molecular weight is 222 g/mol. The summed E-state index contributed by atoms with van der Waals surface area (Å²) in [6.07, 6.45) is 0. The quantitative estimate of drug-likeness (QED) is 0.590. The summed E-state index contributed by atoms with van der Waals surface area (Å²) in [6.45, 7) is 1.62. The Morgan fingerprint density at radius 3 is 2.54 bits per heavy atom. The Hall–Kier alpha value is -0.780. The first-order chi connectivity index (χ1) is 5.95. The van der Waals surface area contributed by atoms with Crippen molar-refractivity contribution in [3.63, 3.8) is 0 Å². The number of anilines is 1. The molecule has 0 fully saturated rings. The molecule has 6 heteroatoms. The van der Waals surface area contributed by atoms with E-state index in [0.717, 1.165) is 0 Å². The molecule has 0 atom stereocenters. The van der Waals surface area contributed by atoms with Gasteiger partial charge in [0.2, 0.25) is 0 Å². The molecular weight excluding hydrogens is 214 g/mol. The Morgan fingerprint density at radius 1 is 1.46 bits per heavy atom. The predicted molar refractivity (Wildman–Crippen MR) is 49.6 cm³/mol. The summed E-state index contributed by atoms with van der Waals surface area (Å²) in [6, 6.07) is 4.35. The molecule has 0 radical (unpaired) electrons. The molecule has 0 aromatic heterocycles. The van der Waals surface area contributed by atoms with Gasteiger partial charge in [0.25, 0.3) is 9.05 Å². The van der Waals surface area contributed by atoms with Gasteiger partial charge in [0.1, 0.15) is 0 Å². The number of nitrogens with one attached hydrogen (secondary N) is 1. The second-order valence-corrected chi connectivity index (χ2v) is 5.06. The molecule has 0 aliphatic carbocycles. The van der Waals surface area contributed by atoms with E-state index < -0.39 is 9.05 Å². The van der Waals surface area contributed by atoms with Crippen LogP contribution < -0.4 is 5.48 Å². The molecule has 0 aliphatic rings. The molecule has 1 aromatic rings. The molecule has 0 aliphatic heterocycles. The first-order valence-corrected chi connectivity index (χ1v) is 5.71. The molecule has 0 bridgehead atoms. The second kappa shape index (κ2) is 3.53. The van der Waals surface area contributed by atoms with E-state index in [1.165, 1.54) is 6.07 Å². The minimum atomic E-state index is -3.74. The zero-order valence-corrected chi connectivity index (χ0v) is 8.35. The Kier molecular flexibility index (Phi) is 2.80. The molecule has 4 nitrogen and oxygen atoms in total. The van der Waals surface area contributed by atoms with Crippen LogP contribution in [0.3, 0.4) is 0 Å².